The molecule has 0 aliphatic carbocycles. The van der Waals surface area contributed by atoms with Crippen molar-refractivity contribution in [2.45, 2.75) is 44.7 Å². The predicted molar refractivity (Wildman–Crippen MR) is 187 cm³/mol. The number of carbonyl (C=O) groups is 4. The Labute approximate surface area is 297 Å². The number of nitro benzene ring substituents is 1. The highest BCUT2D eigenvalue weighted by molar-refractivity contribution is 6.02. The summed E-state index contributed by atoms with van der Waals surface area (Å²) in [6.45, 7) is 1.82. The van der Waals surface area contributed by atoms with Crippen LogP contribution in [-0.2, 0) is 27.3 Å². The number of carboxylic acid groups (broad SMARTS) is 2. The number of fused-ring (bicyclic) bond motifs is 1. The summed E-state index contributed by atoms with van der Waals surface area (Å²) in [4.78, 5) is 70.5. The van der Waals surface area contributed by atoms with Gasteiger partial charge in [-0.15, -0.1) is 12.4 Å². The minimum atomic E-state index is -1.47. The molecule has 2 heterocycles. The Balaban J connectivity index is 0.00000583. The van der Waals surface area contributed by atoms with E-state index < -0.39 is 59.4 Å². The van der Waals surface area contributed by atoms with Crippen molar-refractivity contribution in [3.8, 4) is 0 Å². The second kappa shape index (κ2) is 17.0. The van der Waals surface area contributed by atoms with Crippen LogP contribution in [0.5, 0.6) is 0 Å². The van der Waals surface area contributed by atoms with Gasteiger partial charge >= 0.3 is 11.9 Å². The lowest BCUT2D eigenvalue weighted by molar-refractivity contribution is -0.384. The number of benzene rings is 3. The molecule has 15 heteroatoms. The predicted octanol–water partition coefficient (Wildman–Crippen LogP) is 6.11. The fraction of sp³-hybridized carbons (Fsp3) is 0.222. The van der Waals surface area contributed by atoms with Crippen LogP contribution in [0.3, 0.4) is 0 Å². The third-order valence-electron chi connectivity index (χ3n) is 8.41. The third kappa shape index (κ3) is 9.73. The van der Waals surface area contributed by atoms with E-state index in [1.54, 1.807) is 25.1 Å². The van der Waals surface area contributed by atoms with Crippen molar-refractivity contribution in [2.24, 2.45) is 5.92 Å². The molecule has 3 N–H and O–H groups in total. The van der Waals surface area contributed by atoms with Crippen LogP contribution in [0, 0.1) is 16.0 Å². The fourth-order valence-corrected chi connectivity index (χ4v) is 5.79. The van der Waals surface area contributed by atoms with E-state index in [0.29, 0.717) is 17.0 Å². The van der Waals surface area contributed by atoms with Gasteiger partial charge in [0.2, 0.25) is 5.91 Å². The normalized spacial score (nSPS) is 12.6. The summed E-state index contributed by atoms with van der Waals surface area (Å²) in [6, 6.07) is 21.6. The van der Waals surface area contributed by atoms with E-state index in [4.69, 9.17) is 4.42 Å². The van der Waals surface area contributed by atoms with Crippen LogP contribution >= 0.6 is 12.4 Å². The molecule has 14 nitrogen and oxygen atoms in total. The topological polar surface area (TPSA) is 206 Å². The minimum absolute atomic E-state index is 0. The lowest BCUT2D eigenvalue weighted by atomic mass is 9.86. The molecule has 5 rings (SSSR count). The zero-order chi connectivity index (χ0) is 35.8. The first-order valence-corrected chi connectivity index (χ1v) is 15.6. The molecule has 5 aromatic rings. The molecule has 3 atom stereocenters. The molecule has 264 valence electrons. The van der Waals surface area contributed by atoms with Gasteiger partial charge in [0.25, 0.3) is 11.6 Å². The highest BCUT2D eigenvalue weighted by Gasteiger charge is 2.33. The second-order valence-electron chi connectivity index (χ2n) is 11.8. The van der Waals surface area contributed by atoms with Gasteiger partial charge in [-0.1, -0.05) is 48.5 Å². The number of carboxylic acids is 2. The average Bonchev–Trinajstić information content (AvgIpc) is 3.58. The van der Waals surface area contributed by atoms with Crippen LogP contribution in [-0.4, -0.2) is 59.8 Å². The number of nitro groups is 1. The molecule has 0 aliphatic rings. The van der Waals surface area contributed by atoms with E-state index in [1.807, 2.05) is 42.5 Å². The standard InChI is InChI=1S/C36H33N5O9.ClH/c1-22(40(33(42)15-27(36(46)47)16-34(43)44)20-23-6-7-24-4-2-3-5-26(24)14-23)31(25-8-10-29(11-9-25)41(48)49)17-30-12-13-32(50-30)35(45)39-28-18-37-21-38-19-28;/h2-14,18-19,21-22,27,31H,15-17,20H2,1H3,(H,39,45)(H,43,44)(H,46,47);1H. The van der Waals surface area contributed by atoms with Crippen LogP contribution in [0.2, 0.25) is 0 Å². The number of hydrogen-bond donors (Lipinski definition) is 3. The monoisotopic (exact) mass is 715 g/mol. The minimum Gasteiger partial charge on any atom is -0.481 e. The number of anilines is 1. The van der Waals surface area contributed by atoms with Gasteiger partial charge in [0.05, 0.1) is 35.3 Å². The fourth-order valence-electron chi connectivity index (χ4n) is 5.79. The molecular formula is C36H34ClN5O9. The Morgan fingerprint density at radius 2 is 1.61 bits per heavy atom. The van der Waals surface area contributed by atoms with E-state index in [-0.39, 0.29) is 36.8 Å². The average molecular weight is 716 g/mol. The van der Waals surface area contributed by atoms with Gasteiger partial charge in [-0.05, 0) is 47.0 Å². The van der Waals surface area contributed by atoms with Crippen LogP contribution in [0.25, 0.3) is 10.8 Å². The van der Waals surface area contributed by atoms with Gasteiger partial charge in [0, 0.05) is 43.5 Å². The molecule has 0 saturated carbocycles. The SMILES string of the molecule is CC(C(Cc1ccc(C(=O)Nc2cncnc2)o1)c1ccc([N+](=O)[O-])cc1)N(Cc1ccc2ccccc2c1)C(=O)CC(CC(=O)O)C(=O)O.Cl. The zero-order valence-corrected chi connectivity index (χ0v) is 28.1. The Morgan fingerprint density at radius 1 is 0.922 bits per heavy atom. The number of aliphatic carboxylic acids is 2. The smallest absolute Gasteiger partial charge is 0.307 e. The summed E-state index contributed by atoms with van der Waals surface area (Å²) in [5.74, 6) is -5.55. The number of nitrogens with one attached hydrogen (secondary N) is 1. The lowest BCUT2D eigenvalue weighted by Gasteiger charge is -2.36. The molecule has 3 unspecified atom stereocenters. The van der Waals surface area contributed by atoms with E-state index in [2.05, 4.69) is 15.3 Å². The number of halogens is 1. The van der Waals surface area contributed by atoms with Crippen molar-refractivity contribution in [3.63, 3.8) is 0 Å². The molecule has 0 saturated heterocycles. The van der Waals surface area contributed by atoms with Gasteiger partial charge in [-0.3, -0.25) is 29.3 Å². The first-order valence-electron chi connectivity index (χ1n) is 15.6. The van der Waals surface area contributed by atoms with Crippen molar-refractivity contribution < 1.29 is 38.7 Å². The van der Waals surface area contributed by atoms with Gasteiger partial charge in [-0.2, -0.15) is 0 Å². The van der Waals surface area contributed by atoms with Crippen molar-refractivity contribution >= 4 is 58.3 Å². The van der Waals surface area contributed by atoms with Gasteiger partial charge in [-0.25, -0.2) is 9.97 Å². The van der Waals surface area contributed by atoms with E-state index in [0.717, 1.165) is 16.3 Å². The summed E-state index contributed by atoms with van der Waals surface area (Å²) in [5.41, 5.74) is 1.59. The van der Waals surface area contributed by atoms with Crippen LogP contribution in [0.15, 0.2) is 102 Å². The van der Waals surface area contributed by atoms with Crippen LogP contribution in [0.1, 0.15) is 53.1 Å². The van der Waals surface area contributed by atoms with E-state index >= 15 is 0 Å². The maximum absolute atomic E-state index is 14.0. The van der Waals surface area contributed by atoms with Crippen molar-refractivity contribution in [2.75, 3.05) is 5.32 Å². The van der Waals surface area contributed by atoms with Crippen LogP contribution in [0.4, 0.5) is 11.4 Å². The Bertz CT molecular complexity index is 2020. The molecule has 2 aromatic heterocycles. The zero-order valence-electron chi connectivity index (χ0n) is 27.2. The molecule has 3 aromatic carbocycles. The maximum Gasteiger partial charge on any atom is 0.307 e. The highest BCUT2D eigenvalue weighted by Crippen LogP contribution is 2.32. The molecule has 0 fully saturated rings. The number of amides is 2. The number of hydrogen-bond acceptors (Lipinski definition) is 9. The van der Waals surface area contributed by atoms with Gasteiger partial charge < -0.3 is 24.8 Å². The third-order valence-corrected chi connectivity index (χ3v) is 8.41. The summed E-state index contributed by atoms with van der Waals surface area (Å²) in [7, 11) is 0. The van der Waals surface area contributed by atoms with Gasteiger partial charge in [0.1, 0.15) is 12.1 Å². The first kappa shape index (κ1) is 37.7. The number of aromatic nitrogens is 2. The first-order chi connectivity index (χ1) is 24.0. The quantitative estimate of drug-likeness (QED) is 0.0832. The lowest BCUT2D eigenvalue weighted by Crippen LogP contribution is -2.43. The number of non-ortho nitro benzene ring substituents is 1. The number of carbonyl (C=O) groups excluding carboxylic acids is 2. The number of nitrogens with zero attached hydrogens (tertiary/aromatic N) is 4. The number of furan rings is 1. The van der Waals surface area contributed by atoms with E-state index in [1.165, 1.54) is 41.8 Å². The molecule has 51 heavy (non-hydrogen) atoms. The molecule has 0 aliphatic heterocycles. The molecule has 0 radical (unpaired) electrons. The Hall–Kier alpha value is -6.15. The summed E-state index contributed by atoms with van der Waals surface area (Å²) < 4.78 is 5.92. The largest absolute Gasteiger partial charge is 0.481 e. The Morgan fingerprint density at radius 3 is 2.25 bits per heavy atom. The molecule has 2 amide bonds. The van der Waals surface area contributed by atoms with E-state index in [9.17, 15) is 39.5 Å². The van der Waals surface area contributed by atoms with Crippen LogP contribution < -0.4 is 5.32 Å². The molecule has 0 spiro atoms. The Kier molecular flexibility index (Phi) is 12.5. The van der Waals surface area contributed by atoms with Crippen molar-refractivity contribution in [3.05, 3.63) is 130 Å². The molecule has 0 bridgehead atoms. The summed E-state index contributed by atoms with van der Waals surface area (Å²) in [5, 5.41) is 35.1. The van der Waals surface area contributed by atoms with Crippen molar-refractivity contribution in [1.82, 2.24) is 14.9 Å². The summed E-state index contributed by atoms with van der Waals surface area (Å²) >= 11 is 0. The van der Waals surface area contributed by atoms with Crippen molar-refractivity contribution in [1.29, 1.82) is 0 Å². The highest BCUT2D eigenvalue weighted by atomic mass is 35.5. The summed E-state index contributed by atoms with van der Waals surface area (Å²) in [6.07, 6.45) is 3.00. The number of rotatable bonds is 15. The second-order valence-corrected chi connectivity index (χ2v) is 11.8. The van der Waals surface area contributed by atoms with Gasteiger partial charge in [0.15, 0.2) is 5.76 Å². The maximum atomic E-state index is 14.0. The molecular weight excluding hydrogens is 682 g/mol.